The summed E-state index contributed by atoms with van der Waals surface area (Å²) in [6.45, 7) is 2.59. The van der Waals surface area contributed by atoms with Crippen LogP contribution in [0.4, 0.5) is 4.39 Å². The zero-order valence-electron chi connectivity index (χ0n) is 8.07. The van der Waals surface area contributed by atoms with Gasteiger partial charge < -0.3 is 9.30 Å². The fraction of sp³-hybridized carbons (Fsp3) is 0.556. The predicted molar refractivity (Wildman–Crippen MR) is 48.1 cm³/mol. The molecule has 0 unspecified atom stereocenters. The highest BCUT2D eigenvalue weighted by Gasteiger charge is 2.03. The lowest BCUT2D eigenvalue weighted by Gasteiger charge is -2.02. The lowest BCUT2D eigenvalue weighted by Crippen LogP contribution is -2.07. The molecule has 0 bridgehead atoms. The number of aromatic nitrogens is 2. The van der Waals surface area contributed by atoms with Crippen LogP contribution in [0, 0.1) is 6.08 Å². The summed E-state index contributed by atoms with van der Waals surface area (Å²) in [5.74, 6) is -0.243. The van der Waals surface area contributed by atoms with Crippen molar-refractivity contribution in [3.05, 3.63) is 18.5 Å². The maximum atomic E-state index is 12.8. The smallest absolute Gasteiger partial charge is 0.305 e. The zero-order chi connectivity index (χ0) is 10.4. The Kier molecular flexibility index (Phi) is 4.10. The number of hydrogen-bond donors (Lipinski definition) is 0. The van der Waals surface area contributed by atoms with Gasteiger partial charge in [0, 0.05) is 25.4 Å². The molecule has 4 nitrogen and oxygen atoms in total. The van der Waals surface area contributed by atoms with Gasteiger partial charge >= 0.3 is 5.97 Å². The molecule has 0 aliphatic carbocycles. The van der Waals surface area contributed by atoms with Gasteiger partial charge in [0.25, 0.3) is 6.08 Å². The monoisotopic (exact) mass is 200 g/mol. The molecule has 1 aromatic rings. The maximum absolute atomic E-state index is 12.8. The summed E-state index contributed by atoms with van der Waals surface area (Å²) in [7, 11) is 0. The molecule has 0 aliphatic heterocycles. The van der Waals surface area contributed by atoms with Crippen molar-refractivity contribution in [1.29, 1.82) is 0 Å². The van der Waals surface area contributed by atoms with Gasteiger partial charge in [-0.05, 0) is 13.3 Å². The Morgan fingerprint density at radius 2 is 2.50 bits per heavy atom. The first-order chi connectivity index (χ1) is 6.74. The Hall–Kier alpha value is -1.39. The van der Waals surface area contributed by atoms with Crippen molar-refractivity contribution >= 4 is 5.97 Å². The van der Waals surface area contributed by atoms with E-state index in [0.29, 0.717) is 26.0 Å². The molecule has 0 saturated heterocycles. The summed E-state index contributed by atoms with van der Waals surface area (Å²) >= 11 is 0. The van der Waals surface area contributed by atoms with Crippen LogP contribution in [0.2, 0.25) is 0 Å². The molecular weight excluding hydrogens is 187 g/mol. The summed E-state index contributed by atoms with van der Waals surface area (Å²) in [5, 5.41) is 0. The van der Waals surface area contributed by atoms with Crippen LogP contribution in [0.5, 0.6) is 0 Å². The number of carbonyl (C=O) groups excluding carboxylic acids is 1. The highest BCUT2D eigenvalue weighted by Crippen LogP contribution is 2.00. The fourth-order valence-corrected chi connectivity index (χ4v) is 1.10. The molecule has 0 amide bonds. The van der Waals surface area contributed by atoms with Crippen LogP contribution in [0.15, 0.2) is 12.4 Å². The first kappa shape index (κ1) is 10.7. The summed E-state index contributed by atoms with van der Waals surface area (Å²) in [6.07, 6.45) is 3.28. The standard InChI is InChI=1S/C9H13FN2O2/c1-2-14-8(13)4-3-6-12-7-5-11-9(12)10/h5,7H,2-4,6H2,1H3. The van der Waals surface area contributed by atoms with Crippen molar-refractivity contribution in [1.82, 2.24) is 9.55 Å². The van der Waals surface area contributed by atoms with E-state index in [1.54, 1.807) is 13.1 Å². The van der Waals surface area contributed by atoms with Gasteiger partial charge in [-0.1, -0.05) is 0 Å². The minimum atomic E-state index is -0.520. The normalized spacial score (nSPS) is 10.1. The van der Waals surface area contributed by atoms with Gasteiger partial charge in [0.05, 0.1) is 6.61 Å². The molecule has 0 spiro atoms. The molecule has 1 rings (SSSR count). The largest absolute Gasteiger partial charge is 0.466 e. The highest BCUT2D eigenvalue weighted by atomic mass is 19.1. The van der Waals surface area contributed by atoms with Crippen LogP contribution in [-0.2, 0) is 16.1 Å². The van der Waals surface area contributed by atoms with E-state index in [1.807, 2.05) is 0 Å². The number of imidazole rings is 1. The SMILES string of the molecule is CCOC(=O)CCCn1ccnc1F. The van der Waals surface area contributed by atoms with Crippen molar-refractivity contribution in [2.45, 2.75) is 26.3 Å². The number of esters is 1. The molecule has 0 radical (unpaired) electrons. The quantitative estimate of drug-likeness (QED) is 0.674. The second-order valence-electron chi connectivity index (χ2n) is 2.80. The van der Waals surface area contributed by atoms with Crippen molar-refractivity contribution < 1.29 is 13.9 Å². The van der Waals surface area contributed by atoms with Gasteiger partial charge in [0.2, 0.25) is 0 Å². The van der Waals surface area contributed by atoms with Crippen LogP contribution in [0.3, 0.4) is 0 Å². The molecule has 1 aromatic heterocycles. The van der Waals surface area contributed by atoms with Gasteiger partial charge in [0.1, 0.15) is 0 Å². The van der Waals surface area contributed by atoms with E-state index in [9.17, 15) is 9.18 Å². The number of ether oxygens (including phenoxy) is 1. The number of carbonyl (C=O) groups is 1. The lowest BCUT2D eigenvalue weighted by molar-refractivity contribution is -0.143. The van der Waals surface area contributed by atoms with Crippen LogP contribution in [0.25, 0.3) is 0 Å². The summed E-state index contributed by atoms with van der Waals surface area (Å²) in [4.78, 5) is 14.3. The first-order valence-electron chi connectivity index (χ1n) is 4.56. The topological polar surface area (TPSA) is 44.1 Å². The Morgan fingerprint density at radius 1 is 1.71 bits per heavy atom. The predicted octanol–water partition coefficient (Wildman–Crippen LogP) is 1.37. The van der Waals surface area contributed by atoms with Crippen LogP contribution < -0.4 is 0 Å². The molecule has 1 heterocycles. The van der Waals surface area contributed by atoms with E-state index in [-0.39, 0.29) is 5.97 Å². The third-order valence-electron chi connectivity index (χ3n) is 1.75. The minimum Gasteiger partial charge on any atom is -0.466 e. The Bertz CT molecular complexity index is 299. The van der Waals surface area contributed by atoms with Crippen molar-refractivity contribution in [2.24, 2.45) is 0 Å². The second-order valence-corrected chi connectivity index (χ2v) is 2.80. The first-order valence-corrected chi connectivity index (χ1v) is 4.56. The molecule has 0 N–H and O–H groups in total. The average Bonchev–Trinajstić information content (AvgIpc) is 2.52. The van der Waals surface area contributed by atoms with E-state index in [2.05, 4.69) is 4.98 Å². The van der Waals surface area contributed by atoms with Gasteiger partial charge in [-0.2, -0.15) is 4.39 Å². The molecule has 0 atom stereocenters. The molecule has 0 aliphatic rings. The fourth-order valence-electron chi connectivity index (χ4n) is 1.10. The van der Waals surface area contributed by atoms with E-state index in [0.717, 1.165) is 0 Å². The van der Waals surface area contributed by atoms with Gasteiger partial charge in [0.15, 0.2) is 0 Å². The molecular formula is C9H13FN2O2. The van der Waals surface area contributed by atoms with Crippen LogP contribution >= 0.6 is 0 Å². The van der Waals surface area contributed by atoms with Gasteiger partial charge in [-0.3, -0.25) is 4.79 Å². The molecule has 14 heavy (non-hydrogen) atoms. The number of rotatable bonds is 5. The highest BCUT2D eigenvalue weighted by molar-refractivity contribution is 5.69. The third-order valence-corrected chi connectivity index (χ3v) is 1.75. The van der Waals surface area contributed by atoms with Gasteiger partial charge in [-0.25, -0.2) is 4.98 Å². The van der Waals surface area contributed by atoms with Crippen molar-refractivity contribution in [3.8, 4) is 0 Å². The minimum absolute atomic E-state index is 0.243. The van der Waals surface area contributed by atoms with Crippen LogP contribution in [0.1, 0.15) is 19.8 Å². The Labute approximate surface area is 81.7 Å². The molecule has 0 saturated carbocycles. The maximum Gasteiger partial charge on any atom is 0.305 e. The van der Waals surface area contributed by atoms with Crippen molar-refractivity contribution in [2.75, 3.05) is 6.61 Å². The van der Waals surface area contributed by atoms with E-state index in [4.69, 9.17) is 4.74 Å². The number of hydrogen-bond acceptors (Lipinski definition) is 3. The molecule has 0 fully saturated rings. The molecule has 5 heteroatoms. The third kappa shape index (κ3) is 3.16. The summed E-state index contributed by atoms with van der Waals surface area (Å²) < 4.78 is 18.9. The van der Waals surface area contributed by atoms with E-state index in [1.165, 1.54) is 10.8 Å². The van der Waals surface area contributed by atoms with E-state index < -0.39 is 6.08 Å². The van der Waals surface area contributed by atoms with Crippen LogP contribution in [-0.4, -0.2) is 22.1 Å². The van der Waals surface area contributed by atoms with E-state index >= 15 is 0 Å². The number of aryl methyl sites for hydroxylation is 1. The average molecular weight is 200 g/mol. The Morgan fingerprint density at radius 3 is 3.07 bits per heavy atom. The lowest BCUT2D eigenvalue weighted by atomic mass is 10.3. The summed E-state index contributed by atoms with van der Waals surface area (Å²) in [6, 6.07) is 0. The second kappa shape index (κ2) is 5.36. The molecule has 0 aromatic carbocycles. The van der Waals surface area contributed by atoms with Crippen molar-refractivity contribution in [3.63, 3.8) is 0 Å². The van der Waals surface area contributed by atoms with Gasteiger partial charge in [-0.15, -0.1) is 0 Å². The summed E-state index contributed by atoms with van der Waals surface area (Å²) in [5.41, 5.74) is 0. The zero-order valence-corrected chi connectivity index (χ0v) is 8.07. The molecule has 78 valence electrons. The number of halogens is 1. The number of nitrogens with zero attached hydrogens (tertiary/aromatic N) is 2. The Balaban J connectivity index is 2.22.